The molecule has 1 N–H and O–H groups in total. The highest BCUT2D eigenvalue weighted by Gasteiger charge is 2.13. The van der Waals surface area contributed by atoms with Crippen molar-refractivity contribution < 1.29 is 23.1 Å². The van der Waals surface area contributed by atoms with Crippen LogP contribution in [-0.4, -0.2) is 20.0 Å². The number of phenols is 1. The van der Waals surface area contributed by atoms with E-state index in [1.807, 2.05) is 0 Å². The van der Waals surface area contributed by atoms with Crippen molar-refractivity contribution in [2.75, 3.05) is 0 Å². The number of hydrogen-bond donors (Lipinski definition) is 1. The van der Waals surface area contributed by atoms with Crippen LogP contribution in [0, 0.1) is 0 Å². The molecule has 0 saturated heterocycles. The fourth-order valence-electron chi connectivity index (χ4n) is 1.59. The number of benzene rings is 2. The molecule has 0 bridgehead atoms. The lowest BCUT2D eigenvalue weighted by atomic mass is 10.1. The Labute approximate surface area is 107 Å². The largest absolute Gasteiger partial charge is 0.504 e. The Hall–Kier alpha value is -1.79. The second kappa shape index (κ2) is 4.47. The second-order valence-electron chi connectivity index (χ2n) is 3.45. The standard InChI is InChI=1S/C11H7ClO5S/c12-18(15,16)8-2-3-9-7(5-8)1-4-10(14)11(9)17-6-13/h1-6,14H. The number of phenolic OH excluding ortho intramolecular Hbond substituents is 1. The molecule has 0 radical (unpaired) electrons. The zero-order chi connectivity index (χ0) is 13.3. The van der Waals surface area contributed by atoms with E-state index >= 15 is 0 Å². The molecule has 0 aliphatic rings. The van der Waals surface area contributed by atoms with Crippen molar-refractivity contribution in [3.63, 3.8) is 0 Å². The number of hydrogen-bond acceptors (Lipinski definition) is 5. The fourth-order valence-corrected chi connectivity index (χ4v) is 2.38. The van der Waals surface area contributed by atoms with Gasteiger partial charge in [0.2, 0.25) is 0 Å². The van der Waals surface area contributed by atoms with Gasteiger partial charge in [-0.2, -0.15) is 0 Å². The van der Waals surface area contributed by atoms with Crippen molar-refractivity contribution in [3.8, 4) is 11.5 Å². The number of ether oxygens (including phenoxy) is 1. The molecule has 0 aromatic heterocycles. The summed E-state index contributed by atoms with van der Waals surface area (Å²) in [6.45, 7) is 0.181. The van der Waals surface area contributed by atoms with Gasteiger partial charge in [0.25, 0.3) is 15.5 Å². The van der Waals surface area contributed by atoms with Crippen LogP contribution in [0.5, 0.6) is 11.5 Å². The number of aromatic hydroxyl groups is 1. The van der Waals surface area contributed by atoms with Crippen LogP contribution in [0.25, 0.3) is 10.8 Å². The van der Waals surface area contributed by atoms with Crippen LogP contribution >= 0.6 is 10.7 Å². The SMILES string of the molecule is O=COc1c(O)ccc2cc(S(=O)(=O)Cl)ccc12. The van der Waals surface area contributed by atoms with Gasteiger partial charge in [0.1, 0.15) is 0 Å². The zero-order valence-corrected chi connectivity index (χ0v) is 10.4. The minimum atomic E-state index is -3.83. The number of halogens is 1. The third kappa shape index (κ3) is 2.25. The molecule has 2 aromatic rings. The van der Waals surface area contributed by atoms with Gasteiger partial charge in [0.15, 0.2) is 11.5 Å². The molecule has 0 aliphatic carbocycles. The number of carbonyl (C=O) groups excluding carboxylic acids is 1. The summed E-state index contributed by atoms with van der Waals surface area (Å²) in [5.74, 6) is -0.239. The maximum absolute atomic E-state index is 11.2. The molecule has 0 spiro atoms. The average Bonchev–Trinajstić information content (AvgIpc) is 2.31. The average molecular weight is 287 g/mol. The Balaban J connectivity index is 2.75. The van der Waals surface area contributed by atoms with Crippen LogP contribution in [0.2, 0.25) is 0 Å². The Morgan fingerprint density at radius 2 is 1.94 bits per heavy atom. The van der Waals surface area contributed by atoms with E-state index in [0.717, 1.165) is 0 Å². The highest BCUT2D eigenvalue weighted by Crippen LogP contribution is 2.35. The predicted octanol–water partition coefficient (Wildman–Crippen LogP) is 2.01. The van der Waals surface area contributed by atoms with E-state index in [0.29, 0.717) is 10.8 Å². The van der Waals surface area contributed by atoms with Gasteiger partial charge in [-0.15, -0.1) is 0 Å². The first kappa shape index (κ1) is 12.7. The molecule has 18 heavy (non-hydrogen) atoms. The van der Waals surface area contributed by atoms with Crippen molar-refractivity contribution in [2.24, 2.45) is 0 Å². The quantitative estimate of drug-likeness (QED) is 0.689. The minimum absolute atomic E-state index is 0.0268. The van der Waals surface area contributed by atoms with E-state index in [1.54, 1.807) is 0 Å². The summed E-state index contributed by atoms with van der Waals surface area (Å²) in [7, 11) is 1.40. The Kier molecular flexibility index (Phi) is 3.14. The highest BCUT2D eigenvalue weighted by molar-refractivity contribution is 8.13. The molecule has 7 heteroatoms. The van der Waals surface area contributed by atoms with Crippen molar-refractivity contribution in [2.45, 2.75) is 4.90 Å². The minimum Gasteiger partial charge on any atom is -0.504 e. The van der Waals surface area contributed by atoms with E-state index in [2.05, 4.69) is 4.74 Å². The third-order valence-electron chi connectivity index (χ3n) is 2.37. The van der Waals surface area contributed by atoms with Gasteiger partial charge in [-0.05, 0) is 29.7 Å². The number of carbonyl (C=O) groups is 1. The maximum Gasteiger partial charge on any atom is 0.298 e. The van der Waals surface area contributed by atoms with E-state index in [9.17, 15) is 18.3 Å². The van der Waals surface area contributed by atoms with Gasteiger partial charge in [-0.3, -0.25) is 4.79 Å². The monoisotopic (exact) mass is 286 g/mol. The van der Waals surface area contributed by atoms with E-state index in [4.69, 9.17) is 10.7 Å². The summed E-state index contributed by atoms with van der Waals surface area (Å²) in [6.07, 6.45) is 0. The zero-order valence-electron chi connectivity index (χ0n) is 8.83. The van der Waals surface area contributed by atoms with Crippen LogP contribution in [0.3, 0.4) is 0 Å². The molecule has 0 fully saturated rings. The fraction of sp³-hybridized carbons (Fsp3) is 0. The summed E-state index contributed by atoms with van der Waals surface area (Å²) >= 11 is 0. The van der Waals surface area contributed by atoms with Crippen LogP contribution in [-0.2, 0) is 13.8 Å². The maximum atomic E-state index is 11.2. The first-order valence-electron chi connectivity index (χ1n) is 4.74. The lowest BCUT2D eigenvalue weighted by Crippen LogP contribution is -1.93. The molecule has 0 amide bonds. The topological polar surface area (TPSA) is 80.7 Å². The van der Waals surface area contributed by atoms with Crippen LogP contribution in [0.15, 0.2) is 35.2 Å². The molecular formula is C11H7ClO5S. The summed E-state index contributed by atoms with van der Waals surface area (Å²) in [5, 5.41) is 10.4. The molecule has 0 unspecified atom stereocenters. The van der Waals surface area contributed by atoms with Crippen molar-refractivity contribution in [1.29, 1.82) is 0 Å². The first-order chi connectivity index (χ1) is 8.43. The third-order valence-corrected chi connectivity index (χ3v) is 3.72. The van der Waals surface area contributed by atoms with Crippen LogP contribution in [0.1, 0.15) is 0 Å². The lowest BCUT2D eigenvalue weighted by molar-refractivity contribution is -0.120. The number of rotatable bonds is 3. The molecule has 0 saturated carbocycles. The normalized spacial score (nSPS) is 11.4. The molecular weight excluding hydrogens is 280 g/mol. The highest BCUT2D eigenvalue weighted by atomic mass is 35.7. The summed E-state index contributed by atoms with van der Waals surface area (Å²) in [4.78, 5) is 10.3. The molecule has 0 aliphatic heterocycles. The van der Waals surface area contributed by atoms with Crippen LogP contribution in [0.4, 0.5) is 0 Å². The van der Waals surface area contributed by atoms with E-state index < -0.39 is 9.05 Å². The van der Waals surface area contributed by atoms with Gasteiger partial charge in [-0.1, -0.05) is 6.07 Å². The van der Waals surface area contributed by atoms with Crippen molar-refractivity contribution >= 4 is 37.0 Å². The predicted molar refractivity (Wildman–Crippen MR) is 65.3 cm³/mol. The molecule has 5 nitrogen and oxygen atoms in total. The van der Waals surface area contributed by atoms with Gasteiger partial charge in [0, 0.05) is 16.1 Å². The van der Waals surface area contributed by atoms with Gasteiger partial charge in [-0.25, -0.2) is 8.42 Å². The first-order valence-corrected chi connectivity index (χ1v) is 7.05. The summed E-state index contributed by atoms with van der Waals surface area (Å²) in [5.41, 5.74) is 0. The van der Waals surface area contributed by atoms with Crippen LogP contribution < -0.4 is 4.74 Å². The van der Waals surface area contributed by atoms with Crippen molar-refractivity contribution in [1.82, 2.24) is 0 Å². The number of fused-ring (bicyclic) bond motifs is 1. The smallest absolute Gasteiger partial charge is 0.298 e. The molecule has 2 aromatic carbocycles. The molecule has 2 rings (SSSR count). The van der Waals surface area contributed by atoms with Gasteiger partial charge >= 0.3 is 0 Å². The molecule has 0 heterocycles. The van der Waals surface area contributed by atoms with E-state index in [-0.39, 0.29) is 22.9 Å². The van der Waals surface area contributed by atoms with Crippen molar-refractivity contribution in [3.05, 3.63) is 30.3 Å². The summed E-state index contributed by atoms with van der Waals surface area (Å²) in [6, 6.07) is 6.79. The summed E-state index contributed by atoms with van der Waals surface area (Å²) < 4.78 is 27.0. The van der Waals surface area contributed by atoms with E-state index in [1.165, 1.54) is 30.3 Å². The second-order valence-corrected chi connectivity index (χ2v) is 6.01. The Bertz CT molecular complexity index is 724. The molecule has 94 valence electrons. The molecule has 0 atom stereocenters. The Morgan fingerprint density at radius 3 is 2.56 bits per heavy atom. The van der Waals surface area contributed by atoms with Gasteiger partial charge in [0.05, 0.1) is 4.90 Å². The van der Waals surface area contributed by atoms with Gasteiger partial charge < -0.3 is 9.84 Å². The lowest BCUT2D eigenvalue weighted by Gasteiger charge is -2.07. The Morgan fingerprint density at radius 1 is 1.22 bits per heavy atom.